The summed E-state index contributed by atoms with van der Waals surface area (Å²) >= 11 is 0. The number of aliphatic hydroxyl groups is 4. The van der Waals surface area contributed by atoms with E-state index in [1.165, 1.54) is 89.9 Å². The zero-order chi connectivity index (χ0) is 51.1. The van der Waals surface area contributed by atoms with Gasteiger partial charge in [-0.3, -0.25) is 9.80 Å². The van der Waals surface area contributed by atoms with Crippen molar-refractivity contribution in [2.75, 3.05) is 92.1 Å². The average molecular weight is 992 g/mol. The third-order valence-corrected chi connectivity index (χ3v) is 12.4. The van der Waals surface area contributed by atoms with Crippen molar-refractivity contribution in [3.05, 3.63) is 54.3 Å². The number of hydrogen-bond acceptors (Lipinski definition) is 10. The Kier molecular flexibility index (Phi) is 55.3. The van der Waals surface area contributed by atoms with Gasteiger partial charge in [0.2, 0.25) is 0 Å². The van der Waals surface area contributed by atoms with Crippen LogP contribution in [0.5, 0.6) is 0 Å². The van der Waals surface area contributed by atoms with Crippen molar-refractivity contribution < 1.29 is 39.4 Å². The van der Waals surface area contributed by atoms with E-state index in [1.807, 2.05) is 6.08 Å². The lowest BCUT2D eigenvalue weighted by molar-refractivity contribution is -0.00927. The average Bonchev–Trinajstić information content (AvgIpc) is 3.34. The normalized spacial score (nSPS) is 13.9. The molecule has 10 nitrogen and oxygen atoms in total. The summed E-state index contributed by atoms with van der Waals surface area (Å²) in [6.45, 7) is 16.2. The fourth-order valence-electron chi connectivity index (χ4n) is 8.27. The fourth-order valence-corrected chi connectivity index (χ4v) is 8.27. The molecular formula is C60H114N2O8. The van der Waals surface area contributed by atoms with Gasteiger partial charge in [-0.2, -0.15) is 0 Å². The molecule has 0 radical (unpaired) electrons. The van der Waals surface area contributed by atoms with Gasteiger partial charge in [-0.15, -0.1) is 5.73 Å². The lowest BCUT2D eigenvalue weighted by Gasteiger charge is -2.27. The van der Waals surface area contributed by atoms with Crippen LogP contribution in [-0.2, 0) is 18.9 Å². The minimum atomic E-state index is -0.626. The predicted molar refractivity (Wildman–Crippen MR) is 297 cm³/mol. The van der Waals surface area contributed by atoms with Crippen LogP contribution in [0.15, 0.2) is 54.3 Å². The van der Waals surface area contributed by atoms with Crippen LogP contribution >= 0.6 is 0 Å². The van der Waals surface area contributed by atoms with Crippen LogP contribution in [0.3, 0.4) is 0 Å². The second kappa shape index (κ2) is 56.6. The van der Waals surface area contributed by atoms with Gasteiger partial charge < -0.3 is 39.4 Å². The summed E-state index contributed by atoms with van der Waals surface area (Å²) in [5.74, 6) is 0. The highest BCUT2D eigenvalue weighted by Crippen LogP contribution is 2.12. The maximum absolute atomic E-state index is 11.0. The first-order chi connectivity index (χ1) is 34.4. The molecule has 70 heavy (non-hydrogen) atoms. The maximum Gasteiger partial charge on any atom is 0.0900 e. The van der Waals surface area contributed by atoms with Gasteiger partial charge in [-0.1, -0.05) is 154 Å². The summed E-state index contributed by atoms with van der Waals surface area (Å²) in [6.07, 6.45) is 47.7. The molecule has 0 saturated heterocycles. The molecule has 0 heterocycles. The zero-order valence-corrected chi connectivity index (χ0v) is 46.2. The number of unbranched alkanes of at least 4 members (excludes halogenated alkanes) is 20. The first-order valence-electron chi connectivity index (χ1n) is 29.2. The van der Waals surface area contributed by atoms with Gasteiger partial charge in [-0.05, 0) is 122 Å². The zero-order valence-electron chi connectivity index (χ0n) is 46.2. The van der Waals surface area contributed by atoms with E-state index in [0.717, 1.165) is 103 Å². The van der Waals surface area contributed by atoms with Crippen LogP contribution in [0, 0.1) is 0 Å². The van der Waals surface area contributed by atoms with Crippen molar-refractivity contribution in [2.24, 2.45) is 0 Å². The second-order valence-corrected chi connectivity index (χ2v) is 19.7. The molecule has 412 valence electrons. The smallest absolute Gasteiger partial charge is 0.0900 e. The molecule has 0 bridgehead atoms. The molecule has 4 atom stereocenters. The first kappa shape index (κ1) is 68.3. The highest BCUT2D eigenvalue weighted by Gasteiger charge is 2.18. The molecule has 4 unspecified atom stereocenters. The second-order valence-electron chi connectivity index (χ2n) is 19.7. The van der Waals surface area contributed by atoms with Gasteiger partial charge in [0.05, 0.1) is 64.1 Å². The number of rotatable bonds is 56. The van der Waals surface area contributed by atoms with Crippen molar-refractivity contribution in [1.82, 2.24) is 9.80 Å². The van der Waals surface area contributed by atoms with Gasteiger partial charge in [0.15, 0.2) is 0 Å². The minimum absolute atomic E-state index is 0.257. The van der Waals surface area contributed by atoms with Gasteiger partial charge in [0.25, 0.3) is 0 Å². The largest absolute Gasteiger partial charge is 0.392 e. The predicted octanol–water partition coefficient (Wildman–Crippen LogP) is 12.9. The van der Waals surface area contributed by atoms with Crippen LogP contribution in [0.1, 0.15) is 214 Å². The Hall–Kier alpha value is -1.66. The number of ether oxygens (including phenoxy) is 4. The molecule has 10 heteroatoms. The number of aliphatic hydroxyl groups excluding tert-OH is 4. The minimum Gasteiger partial charge on any atom is -0.392 e. The molecule has 0 saturated carbocycles. The molecular weight excluding hydrogens is 877 g/mol. The van der Waals surface area contributed by atoms with E-state index < -0.39 is 24.4 Å². The molecule has 4 N–H and O–H groups in total. The molecule has 0 aliphatic rings. The summed E-state index contributed by atoms with van der Waals surface area (Å²) in [4.78, 5) is 4.38. The van der Waals surface area contributed by atoms with Crippen molar-refractivity contribution in [1.29, 1.82) is 0 Å². The molecule has 0 aromatic heterocycles. The Morgan fingerprint density at radius 2 is 0.743 bits per heavy atom. The first-order valence-corrected chi connectivity index (χ1v) is 29.2. The topological polar surface area (TPSA) is 124 Å². The van der Waals surface area contributed by atoms with Crippen LogP contribution in [0.25, 0.3) is 0 Å². The summed E-state index contributed by atoms with van der Waals surface area (Å²) < 4.78 is 23.3. The number of nitrogens with zero attached hydrogens (tertiary/aromatic N) is 2. The highest BCUT2D eigenvalue weighted by molar-refractivity contribution is 4.85. The van der Waals surface area contributed by atoms with Crippen LogP contribution in [0.4, 0.5) is 0 Å². The summed E-state index contributed by atoms with van der Waals surface area (Å²) in [6, 6.07) is 0. The van der Waals surface area contributed by atoms with Gasteiger partial charge in [0.1, 0.15) is 0 Å². The van der Waals surface area contributed by atoms with Crippen molar-refractivity contribution in [3.8, 4) is 0 Å². The van der Waals surface area contributed by atoms with E-state index in [2.05, 4.69) is 85.8 Å². The Morgan fingerprint density at radius 1 is 0.357 bits per heavy atom. The lowest BCUT2D eigenvalue weighted by Crippen LogP contribution is -2.41. The third kappa shape index (κ3) is 52.7. The fraction of sp³-hybridized carbons (Fsp3) is 0.850. The molecule has 0 aromatic rings. The van der Waals surface area contributed by atoms with Crippen LogP contribution < -0.4 is 0 Å². The van der Waals surface area contributed by atoms with E-state index >= 15 is 0 Å². The molecule has 0 aliphatic heterocycles. The SMILES string of the molecule is CCCCCC=C=CCOCC(O)CN(CCCCCCCCCCN(CC(O)COCC/C=C\CCCCC)CC(O)COCC/C=C\CCCCC)CC(O)CCOCCC/C=C\CCCCC. The Labute approximate surface area is 432 Å². The van der Waals surface area contributed by atoms with E-state index in [9.17, 15) is 20.4 Å². The standard InChI is InChI=1S/C60H114N2O8/c1-5-9-13-17-21-29-32-38-45-67-49-42-57(63)50-61(51-58(64)54-68-46-39-33-26-18-14-10-6-2)43-36-30-24-22-23-25-31-37-44-62(52-59(65)55-69-47-40-34-27-19-15-11-7-3)53-60(66)56-70-48-41-35-28-20-16-12-8-4/h21,26-29,34-35,39,57-60,63-66H,5-20,22-25,30-32,36-38,40-56H2,1-4H3/b29-21-,34-27-,35-28-. The van der Waals surface area contributed by atoms with Gasteiger partial charge in [0, 0.05) is 39.4 Å². The van der Waals surface area contributed by atoms with Crippen molar-refractivity contribution in [3.63, 3.8) is 0 Å². The van der Waals surface area contributed by atoms with E-state index in [-0.39, 0.29) is 6.61 Å². The van der Waals surface area contributed by atoms with Crippen molar-refractivity contribution >= 4 is 0 Å². The molecule has 0 spiro atoms. The molecule has 0 amide bonds. The van der Waals surface area contributed by atoms with Crippen LogP contribution in [-0.4, -0.2) is 147 Å². The van der Waals surface area contributed by atoms with E-state index in [0.29, 0.717) is 78.8 Å². The number of allylic oxidation sites excluding steroid dienone is 4. The molecule has 0 fully saturated rings. The van der Waals surface area contributed by atoms with Crippen LogP contribution in [0.2, 0.25) is 0 Å². The van der Waals surface area contributed by atoms with Crippen molar-refractivity contribution in [2.45, 2.75) is 238 Å². The quantitative estimate of drug-likeness (QED) is 0.0266. The highest BCUT2D eigenvalue weighted by atomic mass is 16.5. The third-order valence-electron chi connectivity index (χ3n) is 12.4. The summed E-state index contributed by atoms with van der Waals surface area (Å²) in [7, 11) is 0. The summed E-state index contributed by atoms with van der Waals surface area (Å²) in [5, 5.41) is 43.6. The van der Waals surface area contributed by atoms with E-state index in [4.69, 9.17) is 18.9 Å². The Bertz CT molecular complexity index is 1160. The summed E-state index contributed by atoms with van der Waals surface area (Å²) in [5.41, 5.74) is 3.19. The Morgan fingerprint density at radius 3 is 1.20 bits per heavy atom. The van der Waals surface area contributed by atoms with Gasteiger partial charge >= 0.3 is 0 Å². The number of hydrogen-bond donors (Lipinski definition) is 4. The maximum atomic E-state index is 11.0. The molecule has 0 aliphatic carbocycles. The molecule has 0 aromatic carbocycles. The van der Waals surface area contributed by atoms with Gasteiger partial charge in [-0.25, -0.2) is 0 Å². The monoisotopic (exact) mass is 991 g/mol. The molecule has 0 rings (SSSR count). The lowest BCUT2D eigenvalue weighted by atomic mass is 10.1. The Balaban J connectivity index is 4.82. The van der Waals surface area contributed by atoms with E-state index in [1.54, 1.807) is 0 Å².